The maximum absolute atomic E-state index is 12.3. The number of pyridine rings is 2. The van der Waals surface area contributed by atoms with Crippen molar-refractivity contribution in [2.24, 2.45) is 0 Å². The highest BCUT2D eigenvalue weighted by molar-refractivity contribution is 5.78. The van der Waals surface area contributed by atoms with Crippen molar-refractivity contribution in [3.05, 3.63) is 60.4 Å². The Bertz CT molecular complexity index is 878. The van der Waals surface area contributed by atoms with Crippen molar-refractivity contribution in [1.29, 1.82) is 0 Å². The minimum atomic E-state index is 0.0128. The number of amides is 1. The van der Waals surface area contributed by atoms with Crippen molar-refractivity contribution in [3.63, 3.8) is 0 Å². The second-order valence-electron chi connectivity index (χ2n) is 6.42. The molecule has 0 saturated carbocycles. The summed E-state index contributed by atoms with van der Waals surface area (Å²) in [6.45, 7) is 0.779. The number of rotatable bonds is 4. The van der Waals surface area contributed by atoms with Crippen LogP contribution in [0.4, 0.5) is 0 Å². The molecule has 1 aliphatic heterocycles. The zero-order valence-electron chi connectivity index (χ0n) is 14.4. The van der Waals surface area contributed by atoms with E-state index in [9.17, 15) is 4.79 Å². The van der Waals surface area contributed by atoms with Gasteiger partial charge in [-0.25, -0.2) is 0 Å². The Hall–Kier alpha value is -3.09. The molecule has 7 heteroatoms. The molecule has 0 aliphatic carbocycles. The molecule has 1 aliphatic rings. The number of carbonyl (C=O) groups excluding carboxylic acids is 1. The third kappa shape index (κ3) is 3.61. The summed E-state index contributed by atoms with van der Waals surface area (Å²) >= 11 is 0. The molecule has 0 fully saturated rings. The molecule has 0 aromatic carbocycles. The molecule has 0 spiro atoms. The van der Waals surface area contributed by atoms with Crippen LogP contribution in [-0.4, -0.2) is 36.7 Å². The first-order chi connectivity index (χ1) is 12.8. The first-order valence-electron chi connectivity index (χ1n) is 8.81. The van der Waals surface area contributed by atoms with Gasteiger partial charge in [-0.2, -0.15) is 0 Å². The van der Waals surface area contributed by atoms with E-state index >= 15 is 0 Å². The van der Waals surface area contributed by atoms with E-state index < -0.39 is 0 Å². The van der Waals surface area contributed by atoms with E-state index in [1.807, 2.05) is 30.3 Å². The molecule has 1 amide bonds. The first-order valence-corrected chi connectivity index (χ1v) is 8.81. The normalized spacial score (nSPS) is 16.5. The fourth-order valence-corrected chi connectivity index (χ4v) is 3.29. The highest BCUT2D eigenvalue weighted by atomic mass is 16.1. The summed E-state index contributed by atoms with van der Waals surface area (Å²) in [6.07, 6.45) is 8.07. The van der Waals surface area contributed by atoms with Crippen LogP contribution in [0.5, 0.6) is 0 Å². The maximum atomic E-state index is 12.3. The SMILES string of the molecule is O=C(Cc1ccccn1)NC1CCc2nnc(-c3cccnc3)n2CC1. The largest absolute Gasteiger partial charge is 0.353 e. The van der Waals surface area contributed by atoms with E-state index in [0.717, 1.165) is 48.7 Å². The lowest BCUT2D eigenvalue weighted by Crippen LogP contribution is -2.36. The molecule has 132 valence electrons. The molecule has 4 heterocycles. The molecule has 0 radical (unpaired) electrons. The van der Waals surface area contributed by atoms with Gasteiger partial charge >= 0.3 is 0 Å². The number of carbonyl (C=O) groups is 1. The Kier molecular flexibility index (Phi) is 4.68. The molecule has 4 rings (SSSR count). The standard InChI is InChI=1S/C19H20N6O/c26-18(12-16-5-1-2-10-21-16)22-15-6-7-17-23-24-19(25(17)11-8-15)14-4-3-9-20-13-14/h1-5,9-10,13,15H,6-8,11-12H2,(H,22,26). The van der Waals surface area contributed by atoms with Gasteiger partial charge in [-0.05, 0) is 37.1 Å². The molecule has 7 nitrogen and oxygen atoms in total. The Morgan fingerprint density at radius 1 is 1.15 bits per heavy atom. The Morgan fingerprint density at radius 2 is 2.12 bits per heavy atom. The predicted octanol–water partition coefficient (Wildman–Crippen LogP) is 1.80. The molecule has 3 aromatic heterocycles. The van der Waals surface area contributed by atoms with Gasteiger partial charge < -0.3 is 9.88 Å². The van der Waals surface area contributed by atoms with Gasteiger partial charge in [0.1, 0.15) is 5.82 Å². The zero-order valence-corrected chi connectivity index (χ0v) is 14.4. The Balaban J connectivity index is 1.41. The van der Waals surface area contributed by atoms with E-state index in [-0.39, 0.29) is 11.9 Å². The number of hydrogen-bond acceptors (Lipinski definition) is 5. The van der Waals surface area contributed by atoms with Crippen molar-refractivity contribution >= 4 is 5.91 Å². The molecule has 0 saturated heterocycles. The summed E-state index contributed by atoms with van der Waals surface area (Å²) in [5.41, 5.74) is 1.75. The predicted molar refractivity (Wildman–Crippen MR) is 96.1 cm³/mol. The molecule has 1 atom stereocenters. The highest BCUT2D eigenvalue weighted by Crippen LogP contribution is 2.22. The summed E-state index contributed by atoms with van der Waals surface area (Å²) in [7, 11) is 0. The van der Waals surface area contributed by atoms with Crippen molar-refractivity contribution in [2.45, 2.75) is 38.3 Å². The topological polar surface area (TPSA) is 85.6 Å². The summed E-state index contributed by atoms with van der Waals surface area (Å²) in [4.78, 5) is 20.7. The van der Waals surface area contributed by atoms with E-state index in [0.29, 0.717) is 6.42 Å². The molecule has 26 heavy (non-hydrogen) atoms. The van der Waals surface area contributed by atoms with Crippen LogP contribution in [0.15, 0.2) is 48.9 Å². The van der Waals surface area contributed by atoms with Crippen molar-refractivity contribution in [3.8, 4) is 11.4 Å². The second-order valence-corrected chi connectivity index (χ2v) is 6.42. The van der Waals surface area contributed by atoms with Crippen LogP contribution in [0, 0.1) is 0 Å². The summed E-state index contributed by atoms with van der Waals surface area (Å²) in [5, 5.41) is 11.8. The van der Waals surface area contributed by atoms with Gasteiger partial charge in [-0.1, -0.05) is 6.07 Å². The van der Waals surface area contributed by atoms with Crippen LogP contribution in [0.2, 0.25) is 0 Å². The van der Waals surface area contributed by atoms with Crippen LogP contribution >= 0.6 is 0 Å². The smallest absolute Gasteiger partial charge is 0.226 e. The molecule has 0 bridgehead atoms. The quantitative estimate of drug-likeness (QED) is 0.777. The number of fused-ring (bicyclic) bond motifs is 1. The third-order valence-corrected chi connectivity index (χ3v) is 4.60. The van der Waals surface area contributed by atoms with Gasteiger partial charge in [0.15, 0.2) is 5.82 Å². The van der Waals surface area contributed by atoms with Crippen molar-refractivity contribution in [2.75, 3.05) is 0 Å². The lowest BCUT2D eigenvalue weighted by molar-refractivity contribution is -0.121. The van der Waals surface area contributed by atoms with Crippen LogP contribution in [0.1, 0.15) is 24.4 Å². The summed E-state index contributed by atoms with van der Waals surface area (Å²) in [6, 6.07) is 9.63. The van der Waals surface area contributed by atoms with E-state index in [1.165, 1.54) is 0 Å². The monoisotopic (exact) mass is 348 g/mol. The van der Waals surface area contributed by atoms with Crippen molar-refractivity contribution in [1.82, 2.24) is 30.0 Å². The molecule has 1 unspecified atom stereocenters. The minimum Gasteiger partial charge on any atom is -0.353 e. The van der Waals surface area contributed by atoms with Gasteiger partial charge in [0.2, 0.25) is 5.91 Å². The van der Waals surface area contributed by atoms with Crippen LogP contribution in [-0.2, 0) is 24.2 Å². The molecular formula is C19H20N6O. The molecule has 3 aromatic rings. The Morgan fingerprint density at radius 3 is 2.92 bits per heavy atom. The van der Waals surface area contributed by atoms with E-state index in [1.54, 1.807) is 18.6 Å². The zero-order chi connectivity index (χ0) is 17.8. The van der Waals surface area contributed by atoms with Gasteiger partial charge in [-0.15, -0.1) is 10.2 Å². The number of nitrogens with zero attached hydrogens (tertiary/aromatic N) is 5. The fraction of sp³-hybridized carbons (Fsp3) is 0.316. The van der Waals surface area contributed by atoms with E-state index in [4.69, 9.17) is 0 Å². The average Bonchev–Trinajstić information content (AvgIpc) is 2.98. The maximum Gasteiger partial charge on any atom is 0.226 e. The van der Waals surface area contributed by atoms with Gasteiger partial charge in [0.25, 0.3) is 0 Å². The van der Waals surface area contributed by atoms with Gasteiger partial charge in [0, 0.05) is 48.9 Å². The number of aryl methyl sites for hydroxylation is 1. The lowest BCUT2D eigenvalue weighted by Gasteiger charge is -2.16. The van der Waals surface area contributed by atoms with Crippen LogP contribution in [0.25, 0.3) is 11.4 Å². The number of nitrogens with one attached hydrogen (secondary N) is 1. The van der Waals surface area contributed by atoms with Crippen LogP contribution < -0.4 is 5.32 Å². The minimum absolute atomic E-state index is 0.0128. The third-order valence-electron chi connectivity index (χ3n) is 4.60. The summed E-state index contributed by atoms with van der Waals surface area (Å²) < 4.78 is 2.14. The Labute approximate surface area is 151 Å². The molecular weight excluding hydrogens is 328 g/mol. The highest BCUT2D eigenvalue weighted by Gasteiger charge is 2.22. The molecule has 1 N–H and O–H groups in total. The summed E-state index contributed by atoms with van der Waals surface area (Å²) in [5.74, 6) is 1.82. The van der Waals surface area contributed by atoms with Crippen LogP contribution in [0.3, 0.4) is 0 Å². The van der Waals surface area contributed by atoms with Crippen molar-refractivity contribution < 1.29 is 4.79 Å². The van der Waals surface area contributed by atoms with Gasteiger partial charge in [-0.3, -0.25) is 14.8 Å². The van der Waals surface area contributed by atoms with E-state index in [2.05, 4.69) is 30.0 Å². The lowest BCUT2D eigenvalue weighted by atomic mass is 10.1. The second kappa shape index (κ2) is 7.43. The van der Waals surface area contributed by atoms with Gasteiger partial charge in [0.05, 0.1) is 6.42 Å². The fourth-order valence-electron chi connectivity index (χ4n) is 3.29. The average molecular weight is 348 g/mol. The first kappa shape index (κ1) is 16.4. The number of hydrogen-bond donors (Lipinski definition) is 1. The number of aromatic nitrogens is 5.